The molecule has 4 heteroatoms. The van der Waals surface area contributed by atoms with Gasteiger partial charge in [-0.2, -0.15) is 0 Å². The first-order valence-electron chi connectivity index (χ1n) is 12.7. The summed E-state index contributed by atoms with van der Waals surface area (Å²) in [5.41, 5.74) is 2.85. The van der Waals surface area contributed by atoms with Crippen molar-refractivity contribution in [2.45, 2.75) is 71.8 Å². The minimum Gasteiger partial charge on any atom is -0.481 e. The molecule has 0 amide bonds. The van der Waals surface area contributed by atoms with Gasteiger partial charge >= 0.3 is 11.9 Å². The summed E-state index contributed by atoms with van der Waals surface area (Å²) in [5.74, 6) is -2.09. The Bertz CT molecular complexity index is 1120. The Kier molecular flexibility index (Phi) is 9.08. The van der Waals surface area contributed by atoms with Crippen molar-refractivity contribution in [3.63, 3.8) is 0 Å². The number of benzene rings is 3. The molecular weight excluding hydrogens is 436 g/mol. The van der Waals surface area contributed by atoms with Crippen LogP contribution in [0.4, 0.5) is 0 Å². The monoisotopic (exact) mass is 474 g/mol. The van der Waals surface area contributed by atoms with Gasteiger partial charge in [0.05, 0.1) is 11.8 Å². The third-order valence-electron chi connectivity index (χ3n) is 6.40. The number of hydrogen-bond acceptors (Lipinski definition) is 3. The number of carboxylic acids is 1. The summed E-state index contributed by atoms with van der Waals surface area (Å²) >= 11 is 0. The summed E-state index contributed by atoms with van der Waals surface area (Å²) in [6, 6.07) is 23.0. The van der Waals surface area contributed by atoms with E-state index < -0.39 is 17.5 Å². The number of aryl methyl sites for hydroxylation is 1. The zero-order valence-corrected chi connectivity index (χ0v) is 21.4. The van der Waals surface area contributed by atoms with Gasteiger partial charge in [-0.3, -0.25) is 9.59 Å². The van der Waals surface area contributed by atoms with Crippen LogP contribution < -0.4 is 0 Å². The van der Waals surface area contributed by atoms with E-state index in [1.54, 1.807) is 0 Å². The van der Waals surface area contributed by atoms with Gasteiger partial charge in [0.2, 0.25) is 0 Å². The predicted octanol–water partition coefficient (Wildman–Crippen LogP) is 7.68. The highest BCUT2D eigenvalue weighted by atomic mass is 16.6. The number of unbranched alkanes of at least 4 members (excludes halogenated alkanes) is 1. The maximum atomic E-state index is 12.7. The van der Waals surface area contributed by atoms with Gasteiger partial charge in [0, 0.05) is 0 Å². The van der Waals surface area contributed by atoms with Crippen LogP contribution in [0.3, 0.4) is 0 Å². The summed E-state index contributed by atoms with van der Waals surface area (Å²) < 4.78 is 5.59. The maximum Gasteiger partial charge on any atom is 0.309 e. The normalized spacial score (nSPS) is 13.4. The van der Waals surface area contributed by atoms with Gasteiger partial charge in [-0.1, -0.05) is 86.5 Å². The molecule has 2 atom stereocenters. The van der Waals surface area contributed by atoms with Crippen molar-refractivity contribution in [2.24, 2.45) is 11.8 Å². The lowest BCUT2D eigenvalue weighted by Crippen LogP contribution is -2.31. The number of rotatable bonds is 11. The van der Waals surface area contributed by atoms with E-state index in [1.807, 2.05) is 26.8 Å². The Hall–Kier alpha value is -3.14. The number of hydrogen-bond donors (Lipinski definition) is 1. The first-order valence-corrected chi connectivity index (χ1v) is 12.7. The molecule has 0 fully saturated rings. The summed E-state index contributed by atoms with van der Waals surface area (Å²) in [6.45, 7) is 7.61. The fourth-order valence-electron chi connectivity index (χ4n) is 4.52. The van der Waals surface area contributed by atoms with Gasteiger partial charge in [-0.05, 0) is 73.9 Å². The predicted molar refractivity (Wildman–Crippen MR) is 142 cm³/mol. The zero-order valence-electron chi connectivity index (χ0n) is 21.4. The minimum absolute atomic E-state index is 0.281. The molecule has 3 rings (SSSR count). The van der Waals surface area contributed by atoms with E-state index in [-0.39, 0.29) is 11.9 Å². The smallest absolute Gasteiger partial charge is 0.309 e. The van der Waals surface area contributed by atoms with Crippen molar-refractivity contribution in [2.75, 3.05) is 0 Å². The Morgan fingerprint density at radius 3 is 2.23 bits per heavy atom. The largest absolute Gasteiger partial charge is 0.481 e. The Labute approximate surface area is 209 Å². The topological polar surface area (TPSA) is 63.6 Å². The van der Waals surface area contributed by atoms with Crippen molar-refractivity contribution in [1.29, 1.82) is 0 Å². The first-order chi connectivity index (χ1) is 16.7. The molecule has 0 saturated heterocycles. The average Bonchev–Trinajstić information content (AvgIpc) is 2.82. The quantitative estimate of drug-likeness (QED) is 0.290. The average molecular weight is 475 g/mol. The van der Waals surface area contributed by atoms with Crippen LogP contribution in [0.25, 0.3) is 21.9 Å². The molecule has 0 unspecified atom stereocenters. The molecule has 0 bridgehead atoms. The van der Waals surface area contributed by atoms with E-state index in [0.717, 1.165) is 24.0 Å². The molecule has 3 aromatic rings. The Morgan fingerprint density at radius 2 is 1.57 bits per heavy atom. The number of carbonyl (C=O) groups is 2. The van der Waals surface area contributed by atoms with Gasteiger partial charge in [0.15, 0.2) is 0 Å². The molecule has 3 aromatic carbocycles. The molecule has 0 radical (unpaired) electrons. The number of esters is 1. The summed E-state index contributed by atoms with van der Waals surface area (Å²) in [4.78, 5) is 24.8. The fourth-order valence-corrected chi connectivity index (χ4v) is 4.52. The SMILES string of the molecule is CCCC[C@@H](C[C@@H](CCc1ccc(-c2cccc3ccccc23)cc1)C(=O)O)C(=O)OC(C)(C)C. The van der Waals surface area contributed by atoms with Crippen molar-refractivity contribution in [3.05, 3.63) is 72.3 Å². The van der Waals surface area contributed by atoms with Gasteiger partial charge in [-0.15, -0.1) is 0 Å². The molecule has 186 valence electrons. The van der Waals surface area contributed by atoms with Crippen LogP contribution >= 0.6 is 0 Å². The molecule has 0 aliphatic carbocycles. The van der Waals surface area contributed by atoms with Crippen LogP contribution in [-0.4, -0.2) is 22.6 Å². The summed E-state index contributed by atoms with van der Waals surface area (Å²) in [5, 5.41) is 12.3. The van der Waals surface area contributed by atoms with E-state index in [0.29, 0.717) is 25.7 Å². The second kappa shape index (κ2) is 12.0. The number of fused-ring (bicyclic) bond motifs is 1. The number of carbonyl (C=O) groups excluding carboxylic acids is 1. The van der Waals surface area contributed by atoms with Crippen molar-refractivity contribution >= 4 is 22.7 Å². The van der Waals surface area contributed by atoms with Gasteiger partial charge in [0.25, 0.3) is 0 Å². The van der Waals surface area contributed by atoms with E-state index in [9.17, 15) is 14.7 Å². The van der Waals surface area contributed by atoms with Crippen LogP contribution in [0.15, 0.2) is 66.7 Å². The Morgan fingerprint density at radius 1 is 0.886 bits per heavy atom. The maximum absolute atomic E-state index is 12.7. The lowest BCUT2D eigenvalue weighted by Gasteiger charge is -2.25. The standard InChI is InChI=1S/C31H38O4/c1-5-6-10-26(30(34)35-31(2,3)4)21-25(29(32)33)20-17-22-15-18-24(19-16-22)28-14-9-12-23-11-7-8-13-27(23)28/h7-9,11-16,18-19,25-26H,5-6,10,17,20-21H2,1-4H3,(H,32,33)/t25-,26+/m1/s1. The summed E-state index contributed by atoms with van der Waals surface area (Å²) in [7, 11) is 0. The van der Waals surface area contributed by atoms with Crippen LogP contribution in [-0.2, 0) is 20.7 Å². The van der Waals surface area contributed by atoms with Crippen molar-refractivity contribution in [3.8, 4) is 11.1 Å². The number of aliphatic carboxylic acids is 1. The van der Waals surface area contributed by atoms with Crippen LogP contribution in [0.2, 0.25) is 0 Å². The van der Waals surface area contributed by atoms with Gasteiger partial charge in [0.1, 0.15) is 5.60 Å². The molecule has 0 aliphatic heterocycles. The first kappa shape index (κ1) is 26.5. The van der Waals surface area contributed by atoms with Gasteiger partial charge < -0.3 is 9.84 Å². The molecule has 0 spiro atoms. The molecule has 1 N–H and O–H groups in total. The molecule has 0 heterocycles. The molecule has 0 aliphatic rings. The van der Waals surface area contributed by atoms with Crippen molar-refractivity contribution in [1.82, 2.24) is 0 Å². The second-order valence-electron chi connectivity index (χ2n) is 10.4. The van der Waals surface area contributed by atoms with E-state index in [4.69, 9.17) is 4.74 Å². The molecule has 0 saturated carbocycles. The highest BCUT2D eigenvalue weighted by Gasteiger charge is 2.30. The number of carboxylic acid groups (broad SMARTS) is 1. The van der Waals surface area contributed by atoms with Crippen molar-refractivity contribution < 1.29 is 19.4 Å². The highest BCUT2D eigenvalue weighted by molar-refractivity contribution is 5.96. The van der Waals surface area contributed by atoms with Crippen LogP contribution in [0.5, 0.6) is 0 Å². The fraction of sp³-hybridized carbons (Fsp3) is 0.419. The van der Waals surface area contributed by atoms with Gasteiger partial charge in [-0.25, -0.2) is 0 Å². The zero-order chi connectivity index (χ0) is 25.4. The third-order valence-corrected chi connectivity index (χ3v) is 6.40. The number of ether oxygens (including phenoxy) is 1. The Balaban J connectivity index is 1.68. The van der Waals surface area contributed by atoms with E-state index >= 15 is 0 Å². The van der Waals surface area contributed by atoms with Crippen LogP contribution in [0, 0.1) is 11.8 Å². The van der Waals surface area contributed by atoms with E-state index in [1.165, 1.54) is 16.3 Å². The second-order valence-corrected chi connectivity index (χ2v) is 10.4. The highest BCUT2D eigenvalue weighted by Crippen LogP contribution is 2.30. The van der Waals surface area contributed by atoms with E-state index in [2.05, 4.69) is 67.6 Å². The molecule has 0 aromatic heterocycles. The lowest BCUT2D eigenvalue weighted by molar-refractivity contribution is -0.161. The summed E-state index contributed by atoms with van der Waals surface area (Å²) in [6.07, 6.45) is 3.97. The third kappa shape index (κ3) is 7.68. The molecule has 4 nitrogen and oxygen atoms in total. The lowest BCUT2D eigenvalue weighted by atomic mass is 9.86. The van der Waals surface area contributed by atoms with Crippen LogP contribution in [0.1, 0.15) is 65.4 Å². The minimum atomic E-state index is -0.845. The molecule has 35 heavy (non-hydrogen) atoms. The molecular formula is C31H38O4.